The summed E-state index contributed by atoms with van der Waals surface area (Å²) in [6.45, 7) is 3.23. The van der Waals surface area contributed by atoms with Gasteiger partial charge in [-0.2, -0.15) is 0 Å². The molecule has 3 atom stereocenters. The molecule has 0 aromatic heterocycles. The molecule has 15 heavy (non-hydrogen) atoms. The topological polar surface area (TPSA) is 61.1 Å². The molecule has 0 aromatic rings. The predicted octanol–water partition coefficient (Wildman–Crippen LogP) is 2.86. The lowest BCUT2D eigenvalue weighted by molar-refractivity contribution is -0.142. The Labute approximate surface area is 94.1 Å². The normalized spacial score (nSPS) is 16.8. The van der Waals surface area contributed by atoms with Crippen LogP contribution in [0.15, 0.2) is 0 Å². The molecule has 2 N–H and O–H groups in total. The number of aliphatic carboxylic acids is 1. The highest BCUT2D eigenvalue weighted by Crippen LogP contribution is 2.22. The van der Waals surface area contributed by atoms with Crippen molar-refractivity contribution >= 4 is 23.3 Å². The molecule has 88 valence electrons. The molecule has 3 nitrogen and oxygen atoms in total. The van der Waals surface area contributed by atoms with Crippen LogP contribution >= 0.6 is 11.6 Å². The van der Waals surface area contributed by atoms with Gasteiger partial charge in [0.2, 0.25) is 0 Å². The molecule has 0 radical (unpaired) electrons. The van der Waals surface area contributed by atoms with Crippen LogP contribution in [0.2, 0.25) is 0 Å². The number of hydrogen-bond donors (Lipinski definition) is 2. The van der Waals surface area contributed by atoms with Crippen molar-refractivity contribution in [3.05, 3.63) is 0 Å². The van der Waals surface area contributed by atoms with Crippen LogP contribution in [0.1, 0.15) is 33.1 Å². The summed E-state index contributed by atoms with van der Waals surface area (Å²) in [4.78, 5) is 10.7. The number of hydrogen-bond acceptors (Lipinski definition) is 2. The Balaban J connectivity index is 4.15. The van der Waals surface area contributed by atoms with Gasteiger partial charge in [-0.25, -0.2) is 4.39 Å². The van der Waals surface area contributed by atoms with E-state index in [9.17, 15) is 9.18 Å². The smallest absolute Gasteiger partial charge is 0.307 e. The first-order valence-electron chi connectivity index (χ1n) is 4.93. The third kappa shape index (κ3) is 5.72. The van der Waals surface area contributed by atoms with Crippen LogP contribution in [0.3, 0.4) is 0 Å². The number of carboxylic acids is 1. The fraction of sp³-hybridized carbons (Fsp3) is 0.800. The van der Waals surface area contributed by atoms with Crippen molar-refractivity contribution < 1.29 is 14.3 Å². The minimum Gasteiger partial charge on any atom is -0.481 e. The lowest BCUT2D eigenvalue weighted by Gasteiger charge is -2.18. The van der Waals surface area contributed by atoms with E-state index < -0.39 is 23.4 Å². The molecule has 5 heteroatoms. The molecule has 0 heterocycles. The van der Waals surface area contributed by atoms with Crippen molar-refractivity contribution in [2.24, 2.45) is 5.92 Å². The quantitative estimate of drug-likeness (QED) is 0.528. The molecule has 0 amide bonds. The van der Waals surface area contributed by atoms with Gasteiger partial charge in [0, 0.05) is 17.5 Å². The summed E-state index contributed by atoms with van der Waals surface area (Å²) in [5.41, 5.74) is 0.245. The van der Waals surface area contributed by atoms with E-state index in [0.717, 1.165) is 0 Å². The molecule has 0 saturated heterocycles. The maximum absolute atomic E-state index is 13.2. The number of nitrogens with one attached hydrogen (secondary N) is 1. The molecule has 0 aliphatic heterocycles. The zero-order valence-corrected chi connectivity index (χ0v) is 9.72. The van der Waals surface area contributed by atoms with Crippen molar-refractivity contribution in [3.8, 4) is 0 Å². The monoisotopic (exact) mass is 237 g/mol. The van der Waals surface area contributed by atoms with Gasteiger partial charge < -0.3 is 10.5 Å². The largest absolute Gasteiger partial charge is 0.481 e. The Morgan fingerprint density at radius 1 is 1.60 bits per heavy atom. The SMILES string of the molecule is CCC(C(=O)O)C(Cl)CC(F)CC(C)=N. The summed E-state index contributed by atoms with van der Waals surface area (Å²) in [5, 5.41) is 15.2. The summed E-state index contributed by atoms with van der Waals surface area (Å²) in [7, 11) is 0. The van der Waals surface area contributed by atoms with Crippen LogP contribution in [0.4, 0.5) is 4.39 Å². The second kappa shape index (κ2) is 6.77. The highest BCUT2D eigenvalue weighted by molar-refractivity contribution is 6.22. The van der Waals surface area contributed by atoms with Crippen LogP contribution < -0.4 is 0 Å². The van der Waals surface area contributed by atoms with Gasteiger partial charge in [-0.1, -0.05) is 6.92 Å². The van der Waals surface area contributed by atoms with E-state index in [1.165, 1.54) is 6.92 Å². The van der Waals surface area contributed by atoms with Gasteiger partial charge >= 0.3 is 5.97 Å². The highest BCUT2D eigenvalue weighted by Gasteiger charge is 2.27. The molecule has 0 saturated carbocycles. The van der Waals surface area contributed by atoms with E-state index >= 15 is 0 Å². The molecule has 0 aliphatic carbocycles. The standard InChI is InChI=1S/C10H17ClFNO2/c1-3-8(10(14)15)9(11)5-7(12)4-6(2)13/h7-9,13H,3-5H2,1-2H3,(H,14,15). The third-order valence-corrected chi connectivity index (χ3v) is 2.68. The summed E-state index contributed by atoms with van der Waals surface area (Å²) in [5.74, 6) is -1.70. The maximum Gasteiger partial charge on any atom is 0.307 e. The Hall–Kier alpha value is -0.640. The number of alkyl halides is 2. The Morgan fingerprint density at radius 3 is 2.47 bits per heavy atom. The number of halogens is 2. The van der Waals surface area contributed by atoms with Crippen LogP contribution in [0.25, 0.3) is 0 Å². The molecular formula is C10H17ClFNO2. The van der Waals surface area contributed by atoms with E-state index in [-0.39, 0.29) is 18.6 Å². The second-order valence-electron chi connectivity index (χ2n) is 3.69. The van der Waals surface area contributed by atoms with E-state index in [0.29, 0.717) is 6.42 Å². The average molecular weight is 238 g/mol. The zero-order valence-electron chi connectivity index (χ0n) is 8.96. The first-order valence-corrected chi connectivity index (χ1v) is 5.37. The first kappa shape index (κ1) is 14.4. The number of carboxylic acid groups (broad SMARTS) is 1. The molecule has 0 aliphatic rings. The van der Waals surface area contributed by atoms with E-state index in [4.69, 9.17) is 22.1 Å². The lowest BCUT2D eigenvalue weighted by Crippen LogP contribution is -2.26. The van der Waals surface area contributed by atoms with Crippen LogP contribution in [0, 0.1) is 11.3 Å². The van der Waals surface area contributed by atoms with Crippen molar-refractivity contribution in [1.29, 1.82) is 5.41 Å². The predicted molar refractivity (Wildman–Crippen MR) is 58.6 cm³/mol. The first-order chi connectivity index (χ1) is 6.88. The second-order valence-corrected chi connectivity index (χ2v) is 4.25. The van der Waals surface area contributed by atoms with Gasteiger partial charge in [-0.15, -0.1) is 11.6 Å². The zero-order chi connectivity index (χ0) is 12.0. The number of rotatable bonds is 7. The Morgan fingerprint density at radius 2 is 2.13 bits per heavy atom. The van der Waals surface area contributed by atoms with Crippen LogP contribution in [-0.2, 0) is 4.79 Å². The van der Waals surface area contributed by atoms with Crippen molar-refractivity contribution in [1.82, 2.24) is 0 Å². The van der Waals surface area contributed by atoms with Crippen LogP contribution in [-0.4, -0.2) is 28.3 Å². The third-order valence-electron chi connectivity index (χ3n) is 2.20. The Kier molecular flexibility index (Phi) is 6.48. The molecule has 0 bridgehead atoms. The van der Waals surface area contributed by atoms with Gasteiger partial charge in [0.25, 0.3) is 0 Å². The van der Waals surface area contributed by atoms with Gasteiger partial charge in [-0.05, 0) is 19.8 Å². The molecular weight excluding hydrogens is 221 g/mol. The van der Waals surface area contributed by atoms with E-state index in [2.05, 4.69) is 0 Å². The number of carbonyl (C=O) groups is 1. The van der Waals surface area contributed by atoms with Crippen molar-refractivity contribution in [2.45, 2.75) is 44.7 Å². The molecule has 0 fully saturated rings. The minimum absolute atomic E-state index is 0.0113. The summed E-state index contributed by atoms with van der Waals surface area (Å²) in [6, 6.07) is 0. The van der Waals surface area contributed by atoms with Crippen molar-refractivity contribution in [3.63, 3.8) is 0 Å². The molecule has 3 unspecified atom stereocenters. The molecule has 0 rings (SSSR count). The minimum atomic E-state index is -1.22. The van der Waals surface area contributed by atoms with Gasteiger partial charge in [0.1, 0.15) is 6.17 Å². The summed E-state index contributed by atoms with van der Waals surface area (Å²) < 4.78 is 13.2. The lowest BCUT2D eigenvalue weighted by atomic mass is 9.97. The van der Waals surface area contributed by atoms with Crippen LogP contribution in [0.5, 0.6) is 0 Å². The van der Waals surface area contributed by atoms with Gasteiger partial charge in [0.15, 0.2) is 0 Å². The highest BCUT2D eigenvalue weighted by atomic mass is 35.5. The van der Waals surface area contributed by atoms with E-state index in [1.54, 1.807) is 6.92 Å². The average Bonchev–Trinajstić information content (AvgIpc) is 2.01. The van der Waals surface area contributed by atoms with Crippen molar-refractivity contribution in [2.75, 3.05) is 0 Å². The van der Waals surface area contributed by atoms with E-state index in [1.807, 2.05) is 0 Å². The summed E-state index contributed by atoms with van der Waals surface area (Å²) >= 11 is 5.83. The van der Waals surface area contributed by atoms with Gasteiger partial charge in [-0.3, -0.25) is 4.79 Å². The maximum atomic E-state index is 13.2. The fourth-order valence-electron chi connectivity index (χ4n) is 1.41. The van der Waals surface area contributed by atoms with Gasteiger partial charge in [0.05, 0.1) is 5.92 Å². The summed E-state index contributed by atoms with van der Waals surface area (Å²) in [6.07, 6.45) is -0.819. The Bertz CT molecular complexity index is 235. The molecule has 0 spiro atoms. The molecule has 0 aromatic carbocycles. The fourth-order valence-corrected chi connectivity index (χ4v) is 1.89.